The summed E-state index contributed by atoms with van der Waals surface area (Å²) < 4.78 is 47.8. The van der Waals surface area contributed by atoms with Crippen LogP contribution in [0.1, 0.15) is 25.1 Å². The lowest BCUT2D eigenvalue weighted by Crippen LogP contribution is -2.54. The molecule has 3 rings (SSSR count). The molecule has 2 aliphatic rings. The third-order valence-electron chi connectivity index (χ3n) is 5.12. The van der Waals surface area contributed by atoms with Crippen molar-refractivity contribution in [3.05, 3.63) is 32.6 Å². The molecule has 0 aromatic carbocycles. The van der Waals surface area contributed by atoms with Crippen LogP contribution in [0.3, 0.4) is 0 Å². The molecular formula is C16H22N2O15P2-2. The minimum absolute atomic E-state index is 0.171. The third-order valence-corrected chi connectivity index (χ3v) is 7.65. The number of H-pyrrole nitrogens is 1. The van der Waals surface area contributed by atoms with Crippen molar-refractivity contribution in [2.75, 3.05) is 6.61 Å². The van der Waals surface area contributed by atoms with Crippen molar-refractivity contribution in [3.8, 4) is 0 Å². The predicted octanol–water partition coefficient (Wildman–Crippen LogP) is -3.48. The number of hydrogen-bond donors (Lipinski definition) is 4. The minimum atomic E-state index is -5.79. The summed E-state index contributed by atoms with van der Waals surface area (Å²) in [7, 11) is -11.4. The molecule has 2 fully saturated rings. The Bertz CT molecular complexity index is 1170. The molecule has 0 bridgehead atoms. The highest BCUT2D eigenvalue weighted by Gasteiger charge is 2.44. The van der Waals surface area contributed by atoms with E-state index in [-0.39, 0.29) is 12.0 Å². The quantitative estimate of drug-likeness (QED) is 0.232. The van der Waals surface area contributed by atoms with Crippen molar-refractivity contribution < 1.29 is 61.9 Å². The van der Waals surface area contributed by atoms with Gasteiger partial charge in [0.05, 0.1) is 12.7 Å². The van der Waals surface area contributed by atoms with Gasteiger partial charge >= 0.3 is 5.69 Å². The van der Waals surface area contributed by atoms with E-state index in [4.69, 9.17) is 9.47 Å². The van der Waals surface area contributed by atoms with E-state index in [0.717, 1.165) is 11.5 Å². The Morgan fingerprint density at radius 3 is 2.49 bits per heavy atom. The van der Waals surface area contributed by atoms with Crippen LogP contribution in [0.5, 0.6) is 0 Å². The molecule has 35 heavy (non-hydrogen) atoms. The first-order valence-corrected chi connectivity index (χ1v) is 12.9. The largest absolute Gasteiger partial charge is 0.756 e. The minimum Gasteiger partial charge on any atom is -0.756 e. The second-order valence-electron chi connectivity index (χ2n) is 7.77. The summed E-state index contributed by atoms with van der Waals surface area (Å²) in [5, 5.41) is 29.4. The number of phosphoric acid groups is 2. The predicted molar refractivity (Wildman–Crippen MR) is 105 cm³/mol. The highest BCUT2D eigenvalue weighted by molar-refractivity contribution is 7.59. The molecule has 0 radical (unpaired) electrons. The molecule has 2 aliphatic heterocycles. The lowest BCUT2D eigenvalue weighted by atomic mass is 10.0. The number of ketones is 1. The number of aryl methyl sites for hydroxylation is 1. The Kier molecular flexibility index (Phi) is 8.33. The van der Waals surface area contributed by atoms with Gasteiger partial charge in [0.15, 0.2) is 12.1 Å². The smallest absolute Gasteiger partial charge is 0.330 e. The van der Waals surface area contributed by atoms with Gasteiger partial charge in [0.1, 0.15) is 30.6 Å². The van der Waals surface area contributed by atoms with Crippen LogP contribution in [0.15, 0.2) is 15.8 Å². The number of ether oxygens (including phenoxy) is 2. The summed E-state index contributed by atoms with van der Waals surface area (Å²) in [6.07, 6.45) is -10.5. The van der Waals surface area contributed by atoms with Gasteiger partial charge in [-0.05, 0) is 13.8 Å². The number of aliphatic hydroxyl groups excluding tert-OH is 3. The van der Waals surface area contributed by atoms with Gasteiger partial charge in [-0.1, -0.05) is 0 Å². The average molecular weight is 544 g/mol. The lowest BCUT2D eigenvalue weighted by Gasteiger charge is -2.38. The zero-order valence-corrected chi connectivity index (χ0v) is 19.9. The number of carbonyl (C=O) groups is 1. The monoisotopic (exact) mass is 544 g/mol. The molecule has 198 valence electrons. The van der Waals surface area contributed by atoms with E-state index in [1.165, 1.54) is 13.1 Å². The van der Waals surface area contributed by atoms with E-state index in [1.807, 2.05) is 4.98 Å². The van der Waals surface area contributed by atoms with Crippen LogP contribution in [-0.2, 0) is 36.8 Å². The van der Waals surface area contributed by atoms with Crippen molar-refractivity contribution in [1.82, 2.24) is 9.55 Å². The van der Waals surface area contributed by atoms with Crippen LogP contribution in [0.4, 0.5) is 0 Å². The van der Waals surface area contributed by atoms with E-state index < -0.39 is 82.3 Å². The standard InChI is InChI=1S/C16H24N2O15P2/c1-6-4-18(16(24)17-14(6)23)10-3-8(19)9(31-10)5-29-34(25,26)33-35(27,28)32-15-13(22)12(21)11(20)7(2)30-15/h4,7-10,12-13,15,19,21-22H,3,5H2,1-2H3,(H,25,26)(H,27,28)(H,17,23,24)/p-2/t7-,8-,9+,10+,12+,13+,15?/m0/s1. The van der Waals surface area contributed by atoms with Crippen LogP contribution in [-0.4, -0.2) is 74.1 Å². The number of aliphatic hydroxyl groups is 3. The zero-order valence-electron chi connectivity index (χ0n) is 18.1. The number of carbonyl (C=O) groups excluding carboxylic acids is 1. The van der Waals surface area contributed by atoms with Crippen molar-refractivity contribution in [3.63, 3.8) is 0 Å². The molecule has 1 aromatic heterocycles. The van der Waals surface area contributed by atoms with Crippen LogP contribution >= 0.6 is 15.6 Å². The number of aromatic amines is 1. The van der Waals surface area contributed by atoms with Gasteiger partial charge in [-0.15, -0.1) is 0 Å². The number of Topliss-reactive ketones (excluding diaryl/α,β-unsaturated/α-hetero) is 1. The topological polar surface area (TPSA) is 259 Å². The fourth-order valence-corrected chi connectivity index (χ4v) is 5.37. The molecule has 0 aliphatic carbocycles. The molecule has 3 unspecified atom stereocenters. The number of nitrogens with one attached hydrogen (secondary N) is 1. The average Bonchev–Trinajstić information content (AvgIpc) is 3.11. The van der Waals surface area contributed by atoms with Gasteiger partial charge in [0, 0.05) is 18.2 Å². The second kappa shape index (κ2) is 10.4. The molecule has 0 amide bonds. The molecular weight excluding hydrogens is 522 g/mol. The Balaban J connectivity index is 1.59. The van der Waals surface area contributed by atoms with Crippen molar-refractivity contribution in [1.29, 1.82) is 0 Å². The molecule has 2 saturated heterocycles. The van der Waals surface area contributed by atoms with Crippen molar-refractivity contribution >= 4 is 21.4 Å². The van der Waals surface area contributed by atoms with E-state index in [2.05, 4.69) is 13.4 Å². The summed E-state index contributed by atoms with van der Waals surface area (Å²) >= 11 is 0. The summed E-state index contributed by atoms with van der Waals surface area (Å²) in [6, 6.07) is 0. The maximum atomic E-state index is 12.0. The number of aromatic nitrogens is 2. The Morgan fingerprint density at radius 1 is 1.17 bits per heavy atom. The fraction of sp³-hybridized carbons (Fsp3) is 0.688. The molecule has 3 heterocycles. The second-order valence-corrected chi connectivity index (χ2v) is 10.7. The Hall–Kier alpha value is -1.59. The first-order valence-electron chi connectivity index (χ1n) is 9.97. The van der Waals surface area contributed by atoms with Gasteiger partial charge in [-0.25, -0.2) is 9.11 Å². The first kappa shape index (κ1) is 28.0. The van der Waals surface area contributed by atoms with Gasteiger partial charge in [-0.3, -0.25) is 32.8 Å². The first-order chi connectivity index (χ1) is 16.1. The Labute approximate surface area is 196 Å². The number of phosphoric ester groups is 2. The molecule has 0 spiro atoms. The zero-order chi connectivity index (χ0) is 26.3. The third kappa shape index (κ3) is 6.60. The van der Waals surface area contributed by atoms with Gasteiger partial charge in [0.2, 0.25) is 0 Å². The fourth-order valence-electron chi connectivity index (χ4n) is 3.29. The number of rotatable bonds is 8. The van der Waals surface area contributed by atoms with Gasteiger partial charge < -0.3 is 39.1 Å². The normalized spacial score (nSPS) is 34.9. The molecule has 19 heteroatoms. The molecule has 9 atom stereocenters. The highest BCUT2D eigenvalue weighted by Crippen LogP contribution is 2.56. The van der Waals surface area contributed by atoms with Gasteiger partial charge in [0.25, 0.3) is 21.2 Å². The van der Waals surface area contributed by atoms with E-state index in [1.54, 1.807) is 0 Å². The van der Waals surface area contributed by atoms with Gasteiger partial charge in [-0.2, -0.15) is 0 Å². The maximum Gasteiger partial charge on any atom is 0.330 e. The molecule has 4 N–H and O–H groups in total. The molecule has 0 saturated carbocycles. The van der Waals surface area contributed by atoms with Crippen molar-refractivity contribution in [2.45, 2.75) is 63.3 Å². The summed E-state index contributed by atoms with van der Waals surface area (Å²) in [6.45, 7) is 1.63. The van der Waals surface area contributed by atoms with Crippen LogP contribution < -0.4 is 21.0 Å². The molecule has 1 aromatic rings. The maximum absolute atomic E-state index is 12.0. The number of hydrogen-bond acceptors (Lipinski definition) is 15. The Morgan fingerprint density at radius 2 is 1.83 bits per heavy atom. The van der Waals surface area contributed by atoms with E-state index in [9.17, 15) is 48.6 Å². The van der Waals surface area contributed by atoms with Crippen LogP contribution in [0.25, 0.3) is 0 Å². The summed E-state index contributed by atoms with van der Waals surface area (Å²) in [5.41, 5.74) is -1.29. The van der Waals surface area contributed by atoms with Crippen molar-refractivity contribution in [2.24, 2.45) is 0 Å². The van der Waals surface area contributed by atoms with Crippen LogP contribution in [0.2, 0.25) is 0 Å². The highest BCUT2D eigenvalue weighted by atomic mass is 31.3. The SMILES string of the molecule is Cc1cn([C@H]2C[C@H](O)[C@@H](COP(=O)([O-])OP(=O)([O-])OC3O[C@@H](C)C(=O)[C@@H](O)[C@H]3O)O2)c(=O)[nH]c1=O. The molecule has 17 nitrogen and oxygen atoms in total. The summed E-state index contributed by atoms with van der Waals surface area (Å²) in [5.74, 6) is -0.954. The van der Waals surface area contributed by atoms with E-state index >= 15 is 0 Å². The number of nitrogens with zero attached hydrogens (tertiary/aromatic N) is 1. The van der Waals surface area contributed by atoms with Crippen LogP contribution in [0, 0.1) is 6.92 Å². The lowest BCUT2D eigenvalue weighted by molar-refractivity contribution is -0.276. The summed E-state index contributed by atoms with van der Waals surface area (Å²) in [4.78, 5) is 61.0. The van der Waals surface area contributed by atoms with E-state index in [0.29, 0.717) is 0 Å².